The van der Waals surface area contributed by atoms with E-state index in [1.165, 1.54) is 0 Å². The van der Waals surface area contributed by atoms with Crippen LogP contribution in [0.3, 0.4) is 0 Å². The van der Waals surface area contributed by atoms with Gasteiger partial charge in [-0.2, -0.15) is 0 Å². The summed E-state index contributed by atoms with van der Waals surface area (Å²) < 4.78 is 7.26. The number of nitrogens with one attached hydrogen (secondary N) is 2. The molecular formula is C20H30N5O2S+. The minimum atomic E-state index is 0.136. The number of para-hydroxylation sites is 1. The molecule has 0 unspecified atom stereocenters. The number of fused-ring (bicyclic) bond motifs is 1. The Balaban J connectivity index is 1.59. The molecule has 1 aromatic carbocycles. The van der Waals surface area contributed by atoms with Crippen molar-refractivity contribution in [1.29, 1.82) is 0 Å². The number of hydrogen-bond acceptors (Lipinski definition) is 4. The zero-order chi connectivity index (χ0) is 19.9. The van der Waals surface area contributed by atoms with Gasteiger partial charge in [0.15, 0.2) is 5.69 Å². The van der Waals surface area contributed by atoms with Gasteiger partial charge in [0.1, 0.15) is 13.1 Å². The summed E-state index contributed by atoms with van der Waals surface area (Å²) >= 11 is 5.28. The van der Waals surface area contributed by atoms with Crippen molar-refractivity contribution in [2.45, 2.75) is 26.8 Å². The first-order chi connectivity index (χ1) is 13.6. The number of hydrogen-bond donors (Lipinski definition) is 3. The number of benzene rings is 1. The lowest BCUT2D eigenvalue weighted by atomic mass is 10.2. The van der Waals surface area contributed by atoms with Crippen molar-refractivity contribution in [3.05, 3.63) is 24.3 Å². The highest BCUT2D eigenvalue weighted by atomic mass is 32.1. The quantitative estimate of drug-likeness (QED) is 0.376. The zero-order valence-electron chi connectivity index (χ0n) is 16.6. The van der Waals surface area contributed by atoms with Gasteiger partial charge in [0.25, 0.3) is 0 Å². The van der Waals surface area contributed by atoms with E-state index < -0.39 is 0 Å². The van der Waals surface area contributed by atoms with Crippen molar-refractivity contribution in [2.24, 2.45) is 16.1 Å². The van der Waals surface area contributed by atoms with Crippen LogP contribution in [0.5, 0.6) is 5.88 Å². The van der Waals surface area contributed by atoms with Crippen molar-refractivity contribution in [1.82, 2.24) is 9.88 Å². The molecule has 2 heterocycles. The summed E-state index contributed by atoms with van der Waals surface area (Å²) in [6.45, 7) is 10.7. The van der Waals surface area contributed by atoms with Crippen LogP contribution < -0.4 is 10.2 Å². The molecule has 1 saturated heterocycles. The number of quaternary nitrogens is 1. The van der Waals surface area contributed by atoms with Gasteiger partial charge in [0, 0.05) is 24.9 Å². The molecule has 1 aliphatic rings. The van der Waals surface area contributed by atoms with Crippen LogP contribution in [-0.2, 0) is 11.3 Å². The summed E-state index contributed by atoms with van der Waals surface area (Å²) in [5, 5.41) is 23.4. The van der Waals surface area contributed by atoms with Gasteiger partial charge in [-0.3, -0.25) is 0 Å². The molecule has 2 aromatic rings. The number of rotatable bonds is 7. The van der Waals surface area contributed by atoms with Crippen LogP contribution in [0.1, 0.15) is 20.3 Å². The van der Waals surface area contributed by atoms with E-state index in [0.29, 0.717) is 23.3 Å². The van der Waals surface area contributed by atoms with Gasteiger partial charge in [-0.05, 0) is 24.2 Å². The highest BCUT2D eigenvalue weighted by Gasteiger charge is 2.17. The maximum atomic E-state index is 10.7. The first kappa shape index (κ1) is 20.7. The predicted octanol–water partition coefficient (Wildman–Crippen LogP) is 2.27. The minimum Gasteiger partial charge on any atom is -0.493 e. The second kappa shape index (κ2) is 9.95. The van der Waals surface area contributed by atoms with E-state index in [4.69, 9.17) is 17.0 Å². The van der Waals surface area contributed by atoms with Crippen molar-refractivity contribution in [3.63, 3.8) is 0 Å². The van der Waals surface area contributed by atoms with Crippen LogP contribution in [0.2, 0.25) is 0 Å². The molecule has 0 spiro atoms. The number of aromatic nitrogens is 1. The van der Waals surface area contributed by atoms with Crippen LogP contribution in [-0.4, -0.2) is 54.2 Å². The fourth-order valence-corrected chi connectivity index (χ4v) is 3.64. The van der Waals surface area contributed by atoms with Crippen LogP contribution in [0.15, 0.2) is 34.5 Å². The molecule has 1 aliphatic heterocycles. The van der Waals surface area contributed by atoms with Crippen LogP contribution in [0, 0.1) is 5.92 Å². The van der Waals surface area contributed by atoms with Crippen molar-refractivity contribution in [3.8, 4) is 5.88 Å². The summed E-state index contributed by atoms with van der Waals surface area (Å²) in [6.07, 6.45) is 1.02. The number of nitrogens with zero attached hydrogens (tertiary/aromatic N) is 3. The van der Waals surface area contributed by atoms with E-state index in [9.17, 15) is 5.11 Å². The fourth-order valence-electron chi connectivity index (χ4n) is 3.49. The highest BCUT2D eigenvalue weighted by Crippen LogP contribution is 2.39. The van der Waals surface area contributed by atoms with Gasteiger partial charge in [-0.1, -0.05) is 32.0 Å². The van der Waals surface area contributed by atoms with E-state index in [2.05, 4.69) is 29.4 Å². The van der Waals surface area contributed by atoms with Crippen molar-refractivity contribution < 1.29 is 14.7 Å². The number of aromatic hydroxyl groups is 1. The number of azo groups is 1. The van der Waals surface area contributed by atoms with Gasteiger partial charge < -0.3 is 24.6 Å². The molecule has 1 fully saturated rings. The molecule has 3 N–H and O–H groups in total. The molecule has 0 bridgehead atoms. The highest BCUT2D eigenvalue weighted by molar-refractivity contribution is 7.80. The van der Waals surface area contributed by atoms with E-state index in [1.54, 1.807) is 4.90 Å². The third-order valence-corrected chi connectivity index (χ3v) is 5.12. The summed E-state index contributed by atoms with van der Waals surface area (Å²) in [4.78, 5) is 1.57. The van der Waals surface area contributed by atoms with E-state index in [0.717, 1.165) is 56.7 Å². The normalized spacial score (nSPS) is 15.7. The van der Waals surface area contributed by atoms with Crippen LogP contribution in [0.4, 0.5) is 5.69 Å². The van der Waals surface area contributed by atoms with E-state index >= 15 is 0 Å². The first-order valence-electron chi connectivity index (χ1n) is 9.97. The number of ether oxygens (including phenoxy) is 1. The number of morpholine rings is 1. The van der Waals surface area contributed by atoms with Gasteiger partial charge in [0.05, 0.1) is 25.3 Å². The third kappa shape index (κ3) is 5.27. The first-order valence-corrected chi connectivity index (χ1v) is 10.4. The second-order valence-corrected chi connectivity index (χ2v) is 7.98. The van der Waals surface area contributed by atoms with Crippen LogP contribution >= 0.6 is 12.2 Å². The summed E-state index contributed by atoms with van der Waals surface area (Å²) in [6, 6.07) is 7.83. The fraction of sp³-hybridized carbons (Fsp3) is 0.550. The maximum absolute atomic E-state index is 10.7. The second-order valence-electron chi connectivity index (χ2n) is 7.59. The lowest BCUT2D eigenvalue weighted by molar-refractivity contribution is -0.908. The minimum absolute atomic E-state index is 0.136. The molecule has 8 heteroatoms. The molecule has 152 valence electrons. The zero-order valence-corrected chi connectivity index (χ0v) is 17.5. The summed E-state index contributed by atoms with van der Waals surface area (Å²) in [5.41, 5.74) is 1.42. The van der Waals surface area contributed by atoms with E-state index in [-0.39, 0.29) is 5.88 Å². The monoisotopic (exact) mass is 404 g/mol. The molecule has 0 amide bonds. The molecule has 1 aromatic heterocycles. The lowest BCUT2D eigenvalue weighted by Gasteiger charge is -2.23. The standard InChI is InChI=1S/C20H29N5O2S/c1-15(2)14-25-17-7-4-3-6-16(17)18(19(25)26)22-23-20(28)21-8-5-9-24-10-12-27-13-11-24/h3-4,6-7,15,26H,5,8-14H2,1-2H3,(H,21,28)/p+1. The molecule has 28 heavy (non-hydrogen) atoms. The maximum Gasteiger partial charge on any atom is 0.220 e. The van der Waals surface area contributed by atoms with Crippen molar-refractivity contribution in [2.75, 3.05) is 39.4 Å². The average molecular weight is 405 g/mol. The van der Waals surface area contributed by atoms with Gasteiger partial charge in [-0.15, -0.1) is 10.2 Å². The van der Waals surface area contributed by atoms with Crippen LogP contribution in [0.25, 0.3) is 10.9 Å². The Morgan fingerprint density at radius 2 is 2.07 bits per heavy atom. The molecule has 0 saturated carbocycles. The predicted molar refractivity (Wildman–Crippen MR) is 115 cm³/mol. The van der Waals surface area contributed by atoms with Crippen molar-refractivity contribution >= 4 is 33.9 Å². The summed E-state index contributed by atoms with van der Waals surface area (Å²) in [5.74, 6) is 0.542. The Bertz CT molecular complexity index is 827. The summed E-state index contributed by atoms with van der Waals surface area (Å²) in [7, 11) is 0. The number of thiocarbonyl (C=S) groups is 1. The molecule has 0 radical (unpaired) electrons. The van der Waals surface area contributed by atoms with Gasteiger partial charge >= 0.3 is 0 Å². The molecule has 7 nitrogen and oxygen atoms in total. The average Bonchev–Trinajstić information content (AvgIpc) is 2.95. The topological polar surface area (TPSA) is 75.6 Å². The van der Waals surface area contributed by atoms with Gasteiger partial charge in [0.2, 0.25) is 11.0 Å². The SMILES string of the molecule is CC(C)Cn1c(O)c(N=NC(=S)NCCC[NH+]2CCOCC2)c2ccccc21. The van der Waals surface area contributed by atoms with E-state index in [1.807, 2.05) is 28.8 Å². The Morgan fingerprint density at radius 1 is 1.32 bits per heavy atom. The molecule has 0 atom stereocenters. The molecule has 3 rings (SSSR count). The third-order valence-electron chi connectivity index (χ3n) is 4.89. The lowest BCUT2D eigenvalue weighted by Crippen LogP contribution is -3.14. The molecule has 0 aliphatic carbocycles. The smallest absolute Gasteiger partial charge is 0.220 e. The Morgan fingerprint density at radius 3 is 2.82 bits per heavy atom. The largest absolute Gasteiger partial charge is 0.493 e. The Kier molecular flexibility index (Phi) is 7.36. The Labute approximate surface area is 171 Å². The molecular weight excluding hydrogens is 374 g/mol. The van der Waals surface area contributed by atoms with Gasteiger partial charge in [-0.25, -0.2) is 0 Å². The Hall–Kier alpha value is -2.03.